The fraction of sp³-hybridized carbons (Fsp3) is 0.143. The maximum absolute atomic E-state index is 10.5. The minimum absolute atomic E-state index is 0.206. The lowest BCUT2D eigenvalue weighted by molar-refractivity contribution is 0.0685. The fourth-order valence-electron chi connectivity index (χ4n) is 0.779. The topological polar surface area (TPSA) is 42.2 Å². The Morgan fingerprint density at radius 3 is 2.73 bits per heavy atom. The van der Waals surface area contributed by atoms with Crippen molar-refractivity contribution in [3.05, 3.63) is 28.5 Å². The number of rotatable bonds is 1. The molecular formula is C7H7NO2S. The first-order chi connectivity index (χ1) is 5.13. The van der Waals surface area contributed by atoms with Crippen LogP contribution >= 0.6 is 12.2 Å². The van der Waals surface area contributed by atoms with Gasteiger partial charge in [-0.3, -0.25) is 0 Å². The molecule has 0 saturated carbocycles. The number of aromatic carboxylic acids is 1. The standard InChI is InChI=1S/C7H7NO2S/c1-8-5(7(9)10)3-2-4-6(8)11/h2-4H,1H3,(H,9,10). The molecule has 58 valence electrons. The predicted octanol–water partition coefficient (Wildman–Crippen LogP) is 1.45. The van der Waals surface area contributed by atoms with Crippen LogP contribution in [0.25, 0.3) is 0 Å². The van der Waals surface area contributed by atoms with E-state index in [0.717, 1.165) is 0 Å². The first-order valence-electron chi connectivity index (χ1n) is 3.02. The van der Waals surface area contributed by atoms with Crippen molar-refractivity contribution in [2.24, 2.45) is 7.05 Å². The summed E-state index contributed by atoms with van der Waals surface area (Å²) in [5.41, 5.74) is 0.206. The second-order valence-electron chi connectivity index (χ2n) is 2.11. The second kappa shape index (κ2) is 2.84. The highest BCUT2D eigenvalue weighted by Gasteiger charge is 2.03. The van der Waals surface area contributed by atoms with Crippen molar-refractivity contribution in [2.45, 2.75) is 0 Å². The van der Waals surface area contributed by atoms with Gasteiger partial charge in [0, 0.05) is 7.05 Å². The van der Waals surface area contributed by atoms with Gasteiger partial charge in [0.25, 0.3) is 0 Å². The third-order valence-corrected chi connectivity index (χ3v) is 1.81. The van der Waals surface area contributed by atoms with E-state index in [4.69, 9.17) is 17.3 Å². The smallest absolute Gasteiger partial charge is 0.352 e. The van der Waals surface area contributed by atoms with Crippen molar-refractivity contribution in [1.29, 1.82) is 0 Å². The van der Waals surface area contributed by atoms with Crippen LogP contribution in [0.2, 0.25) is 0 Å². The van der Waals surface area contributed by atoms with Crippen molar-refractivity contribution >= 4 is 18.2 Å². The molecule has 0 aliphatic heterocycles. The molecule has 1 N–H and O–H groups in total. The summed E-state index contributed by atoms with van der Waals surface area (Å²) in [6.45, 7) is 0. The summed E-state index contributed by atoms with van der Waals surface area (Å²) in [4.78, 5) is 10.5. The third kappa shape index (κ3) is 1.46. The van der Waals surface area contributed by atoms with E-state index in [9.17, 15) is 4.79 Å². The monoisotopic (exact) mass is 169 g/mol. The summed E-state index contributed by atoms with van der Waals surface area (Å²) in [7, 11) is 1.63. The lowest BCUT2D eigenvalue weighted by Gasteiger charge is -2.02. The summed E-state index contributed by atoms with van der Waals surface area (Å²) in [5, 5.41) is 8.62. The number of pyridine rings is 1. The molecule has 0 bridgehead atoms. The normalized spacial score (nSPS) is 9.55. The molecule has 11 heavy (non-hydrogen) atoms. The average Bonchev–Trinajstić information content (AvgIpc) is 1.94. The zero-order valence-electron chi connectivity index (χ0n) is 5.94. The maximum Gasteiger partial charge on any atom is 0.352 e. The highest BCUT2D eigenvalue weighted by atomic mass is 32.1. The molecule has 1 rings (SSSR count). The van der Waals surface area contributed by atoms with Gasteiger partial charge in [-0.05, 0) is 12.1 Å². The summed E-state index contributed by atoms with van der Waals surface area (Å²) < 4.78 is 1.97. The largest absolute Gasteiger partial charge is 0.477 e. The highest BCUT2D eigenvalue weighted by molar-refractivity contribution is 7.71. The molecule has 0 aliphatic carbocycles. The molecule has 0 radical (unpaired) electrons. The van der Waals surface area contributed by atoms with Crippen molar-refractivity contribution in [1.82, 2.24) is 4.57 Å². The van der Waals surface area contributed by atoms with Crippen LogP contribution in [0.5, 0.6) is 0 Å². The number of carboxylic acids is 1. The molecule has 4 heteroatoms. The summed E-state index contributed by atoms with van der Waals surface area (Å²) in [5.74, 6) is -0.959. The summed E-state index contributed by atoms with van der Waals surface area (Å²) in [6.07, 6.45) is 0. The molecule has 1 heterocycles. The van der Waals surface area contributed by atoms with Crippen LogP contribution in [0.15, 0.2) is 18.2 Å². The van der Waals surface area contributed by atoms with E-state index in [1.165, 1.54) is 10.6 Å². The Bertz CT molecular complexity index is 343. The first-order valence-corrected chi connectivity index (χ1v) is 3.43. The van der Waals surface area contributed by atoms with Crippen LogP contribution in [0, 0.1) is 4.64 Å². The van der Waals surface area contributed by atoms with Gasteiger partial charge in [0.2, 0.25) is 0 Å². The quantitative estimate of drug-likeness (QED) is 0.647. The Morgan fingerprint density at radius 2 is 2.27 bits per heavy atom. The number of hydrogen-bond donors (Lipinski definition) is 1. The SMILES string of the molecule is Cn1c(C(=O)O)cccc1=S. The van der Waals surface area contributed by atoms with Gasteiger partial charge < -0.3 is 9.67 Å². The summed E-state index contributed by atoms with van der Waals surface area (Å²) in [6, 6.07) is 4.83. The van der Waals surface area contributed by atoms with Crippen molar-refractivity contribution in [2.75, 3.05) is 0 Å². The molecule has 0 spiro atoms. The zero-order valence-corrected chi connectivity index (χ0v) is 6.76. The van der Waals surface area contributed by atoms with Gasteiger partial charge in [0.05, 0.1) is 0 Å². The zero-order chi connectivity index (χ0) is 8.43. The van der Waals surface area contributed by atoms with E-state index < -0.39 is 5.97 Å². The fourth-order valence-corrected chi connectivity index (χ4v) is 0.956. The van der Waals surface area contributed by atoms with Crippen molar-refractivity contribution in [3.8, 4) is 0 Å². The number of hydrogen-bond acceptors (Lipinski definition) is 2. The van der Waals surface area contributed by atoms with Gasteiger partial charge in [-0.1, -0.05) is 18.3 Å². The van der Waals surface area contributed by atoms with E-state index in [2.05, 4.69) is 0 Å². The van der Waals surface area contributed by atoms with Crippen LogP contribution in [0.1, 0.15) is 10.5 Å². The Kier molecular flexibility index (Phi) is 2.05. The van der Waals surface area contributed by atoms with Crippen LogP contribution in [0.3, 0.4) is 0 Å². The lowest BCUT2D eigenvalue weighted by atomic mass is 10.3. The molecule has 0 saturated heterocycles. The van der Waals surface area contributed by atoms with E-state index in [0.29, 0.717) is 4.64 Å². The Morgan fingerprint density at radius 1 is 1.64 bits per heavy atom. The van der Waals surface area contributed by atoms with E-state index in [1.807, 2.05) is 0 Å². The Hall–Kier alpha value is -1.16. The van der Waals surface area contributed by atoms with Gasteiger partial charge in [-0.2, -0.15) is 0 Å². The third-order valence-electron chi connectivity index (χ3n) is 1.40. The Labute approximate surface area is 68.9 Å². The number of aromatic nitrogens is 1. The molecule has 1 aromatic heterocycles. The average molecular weight is 169 g/mol. The van der Waals surface area contributed by atoms with Gasteiger partial charge in [-0.15, -0.1) is 0 Å². The minimum Gasteiger partial charge on any atom is -0.477 e. The molecule has 0 atom stereocenters. The molecule has 0 aromatic carbocycles. The molecule has 0 amide bonds. The number of carbonyl (C=O) groups is 1. The molecule has 0 aliphatic rings. The van der Waals surface area contributed by atoms with Crippen LogP contribution in [-0.2, 0) is 7.05 Å². The van der Waals surface area contributed by atoms with E-state index >= 15 is 0 Å². The van der Waals surface area contributed by atoms with Crippen LogP contribution in [0.4, 0.5) is 0 Å². The first kappa shape index (κ1) is 7.94. The van der Waals surface area contributed by atoms with E-state index in [-0.39, 0.29) is 5.69 Å². The lowest BCUT2D eigenvalue weighted by Crippen LogP contribution is -2.07. The highest BCUT2D eigenvalue weighted by Crippen LogP contribution is 1.99. The maximum atomic E-state index is 10.5. The van der Waals surface area contributed by atoms with Gasteiger partial charge in [0.15, 0.2) is 0 Å². The molecule has 0 unspecified atom stereocenters. The summed E-state index contributed by atoms with van der Waals surface area (Å²) >= 11 is 4.86. The minimum atomic E-state index is -0.959. The van der Waals surface area contributed by atoms with E-state index in [1.54, 1.807) is 19.2 Å². The second-order valence-corrected chi connectivity index (χ2v) is 2.53. The van der Waals surface area contributed by atoms with Gasteiger partial charge in [0.1, 0.15) is 10.3 Å². The number of carboxylic acid groups (broad SMARTS) is 1. The molecule has 0 fully saturated rings. The predicted molar refractivity (Wildman–Crippen MR) is 43.2 cm³/mol. The van der Waals surface area contributed by atoms with Crippen LogP contribution < -0.4 is 0 Å². The molecular weight excluding hydrogens is 162 g/mol. The molecule has 3 nitrogen and oxygen atoms in total. The molecule has 1 aromatic rings. The van der Waals surface area contributed by atoms with Crippen LogP contribution in [-0.4, -0.2) is 15.6 Å². The van der Waals surface area contributed by atoms with Crippen molar-refractivity contribution in [3.63, 3.8) is 0 Å². The van der Waals surface area contributed by atoms with Crippen molar-refractivity contribution < 1.29 is 9.90 Å². The number of nitrogens with zero attached hydrogens (tertiary/aromatic N) is 1. The van der Waals surface area contributed by atoms with Gasteiger partial charge >= 0.3 is 5.97 Å². The Balaban J connectivity index is 3.39. The van der Waals surface area contributed by atoms with Gasteiger partial charge in [-0.25, -0.2) is 4.79 Å².